The molecule has 4 rings (SSSR count). The first-order chi connectivity index (χ1) is 18.1. The fraction of sp³-hybridized carbons (Fsp3) is 0.308. The first kappa shape index (κ1) is 26.8. The minimum Gasteiger partial charge on any atom is -0.494 e. The maximum Gasteiger partial charge on any atom is 0.204 e. The van der Waals surface area contributed by atoms with Crippen molar-refractivity contribution in [2.24, 2.45) is 0 Å². The van der Waals surface area contributed by atoms with Crippen molar-refractivity contribution in [3.8, 4) is 34.8 Å². The van der Waals surface area contributed by atoms with Gasteiger partial charge in [-0.05, 0) is 57.2 Å². The quantitative estimate of drug-likeness (QED) is 0.336. The summed E-state index contributed by atoms with van der Waals surface area (Å²) in [7, 11) is -1.04. The molecule has 0 radical (unpaired) electrons. The average Bonchev–Trinajstić information content (AvgIpc) is 3.52. The second-order valence-corrected chi connectivity index (χ2v) is 11.0. The number of nitrogens with zero attached hydrogens (tertiary/aromatic N) is 5. The highest BCUT2D eigenvalue weighted by Crippen LogP contribution is 2.37. The second kappa shape index (κ2) is 10.6. The van der Waals surface area contributed by atoms with E-state index in [1.807, 2.05) is 6.07 Å². The van der Waals surface area contributed by atoms with E-state index >= 15 is 0 Å². The molecule has 0 aliphatic rings. The van der Waals surface area contributed by atoms with Crippen LogP contribution < -0.4 is 9.47 Å². The highest BCUT2D eigenvalue weighted by atomic mass is 32.2. The molecule has 38 heavy (non-hydrogen) atoms. The number of aryl methyl sites for hydroxylation is 2. The first-order valence-electron chi connectivity index (χ1n) is 11.6. The van der Waals surface area contributed by atoms with Crippen LogP contribution in [0.15, 0.2) is 46.9 Å². The summed E-state index contributed by atoms with van der Waals surface area (Å²) in [6.45, 7) is 4.80. The number of aromatic nitrogens is 4. The van der Waals surface area contributed by atoms with Gasteiger partial charge in [0.2, 0.25) is 5.82 Å². The van der Waals surface area contributed by atoms with Crippen molar-refractivity contribution in [1.29, 1.82) is 5.26 Å². The number of aliphatic hydroxyl groups is 1. The molecule has 3 heterocycles. The van der Waals surface area contributed by atoms with Gasteiger partial charge in [0.15, 0.2) is 21.4 Å². The number of para-hydroxylation sites is 1. The fourth-order valence-corrected chi connectivity index (χ4v) is 5.36. The number of hydrogen-bond donors (Lipinski definition) is 1. The number of sulfone groups is 1. The molecule has 0 aliphatic carbocycles. The molecular formula is C26H27N5O6S. The highest BCUT2D eigenvalue weighted by molar-refractivity contribution is 7.91. The normalized spacial score (nSPS) is 13.1. The van der Waals surface area contributed by atoms with E-state index in [-0.39, 0.29) is 17.3 Å². The van der Waals surface area contributed by atoms with Crippen LogP contribution >= 0.6 is 0 Å². The lowest BCUT2D eigenvalue weighted by atomic mass is 10.1. The predicted octanol–water partition coefficient (Wildman–Crippen LogP) is 3.46. The van der Waals surface area contributed by atoms with E-state index in [9.17, 15) is 13.5 Å². The van der Waals surface area contributed by atoms with Crippen molar-refractivity contribution in [3.63, 3.8) is 0 Å². The van der Waals surface area contributed by atoms with Crippen molar-refractivity contribution in [2.75, 3.05) is 14.2 Å². The standard InChI is InChI=1S/C26H27N5O6S/c1-15-9-12-22(37-15)26-30-29-23(31(26)24-20(35-4)7-6-8-21(24)36-5)14-38(33,34)17(3)25(32)19-11-10-18(13-27)16(2)28-19/h6-12,17,25,32H,14H2,1-5H3/t17-,25-/m0/s1. The average molecular weight is 538 g/mol. The third-order valence-electron chi connectivity index (χ3n) is 6.19. The number of hydrogen-bond acceptors (Lipinski definition) is 10. The summed E-state index contributed by atoms with van der Waals surface area (Å²) in [6.07, 6.45) is -1.43. The van der Waals surface area contributed by atoms with Crippen LogP contribution in [0, 0.1) is 25.2 Å². The zero-order valence-electron chi connectivity index (χ0n) is 21.5. The lowest BCUT2D eigenvalue weighted by molar-refractivity contribution is 0.171. The number of aliphatic hydroxyl groups excluding tert-OH is 1. The van der Waals surface area contributed by atoms with E-state index < -0.39 is 26.9 Å². The number of methoxy groups -OCH3 is 2. The van der Waals surface area contributed by atoms with Crippen LogP contribution in [0.4, 0.5) is 0 Å². The van der Waals surface area contributed by atoms with Gasteiger partial charge in [0.25, 0.3) is 0 Å². The van der Waals surface area contributed by atoms with Crippen LogP contribution in [-0.2, 0) is 15.6 Å². The maximum atomic E-state index is 13.6. The molecule has 3 aromatic heterocycles. The van der Waals surface area contributed by atoms with Crippen LogP contribution in [-0.4, -0.2) is 52.7 Å². The highest BCUT2D eigenvalue weighted by Gasteiger charge is 2.34. The molecule has 0 saturated heterocycles. The molecule has 0 spiro atoms. The van der Waals surface area contributed by atoms with Gasteiger partial charge in [-0.15, -0.1) is 10.2 Å². The molecule has 0 fully saturated rings. The van der Waals surface area contributed by atoms with Crippen LogP contribution in [0.2, 0.25) is 0 Å². The van der Waals surface area contributed by atoms with Gasteiger partial charge in [-0.25, -0.2) is 8.42 Å². The largest absolute Gasteiger partial charge is 0.494 e. The van der Waals surface area contributed by atoms with Gasteiger partial charge in [-0.3, -0.25) is 9.55 Å². The van der Waals surface area contributed by atoms with Crippen molar-refractivity contribution < 1.29 is 27.4 Å². The molecule has 0 bridgehead atoms. The number of nitriles is 1. The Morgan fingerprint density at radius 2 is 1.76 bits per heavy atom. The van der Waals surface area contributed by atoms with Gasteiger partial charge in [-0.1, -0.05) is 6.07 Å². The van der Waals surface area contributed by atoms with Crippen LogP contribution in [0.1, 0.15) is 41.6 Å². The second-order valence-electron chi connectivity index (χ2n) is 8.63. The lowest BCUT2D eigenvalue weighted by Crippen LogP contribution is -2.28. The Bertz CT molecular complexity index is 1600. The number of benzene rings is 1. The Morgan fingerprint density at radius 1 is 1.08 bits per heavy atom. The lowest BCUT2D eigenvalue weighted by Gasteiger charge is -2.20. The van der Waals surface area contributed by atoms with Gasteiger partial charge in [-0.2, -0.15) is 5.26 Å². The minimum atomic E-state index is -4.01. The Morgan fingerprint density at radius 3 is 2.32 bits per heavy atom. The molecule has 1 N–H and O–H groups in total. The summed E-state index contributed by atoms with van der Waals surface area (Å²) in [5.74, 6) is 1.57. The molecule has 11 nitrogen and oxygen atoms in total. The van der Waals surface area contributed by atoms with E-state index in [0.29, 0.717) is 40.0 Å². The van der Waals surface area contributed by atoms with E-state index in [2.05, 4.69) is 15.2 Å². The third-order valence-corrected chi connectivity index (χ3v) is 8.24. The summed E-state index contributed by atoms with van der Waals surface area (Å²) >= 11 is 0. The smallest absolute Gasteiger partial charge is 0.204 e. The van der Waals surface area contributed by atoms with Crippen LogP contribution in [0.25, 0.3) is 17.3 Å². The molecule has 2 atom stereocenters. The summed E-state index contributed by atoms with van der Waals surface area (Å²) in [5.41, 5.74) is 1.29. The van der Waals surface area contributed by atoms with Crippen LogP contribution in [0.5, 0.6) is 11.5 Å². The molecule has 12 heteroatoms. The molecule has 4 aromatic rings. The molecule has 0 aliphatic heterocycles. The number of furan rings is 1. The predicted molar refractivity (Wildman–Crippen MR) is 138 cm³/mol. The Labute approximate surface area is 220 Å². The summed E-state index contributed by atoms with van der Waals surface area (Å²) < 4.78 is 45.5. The fourth-order valence-electron chi connectivity index (χ4n) is 4.02. The zero-order chi connectivity index (χ0) is 27.6. The van der Waals surface area contributed by atoms with E-state index in [1.165, 1.54) is 37.8 Å². The number of ether oxygens (including phenoxy) is 2. The SMILES string of the molecule is COc1cccc(OC)c1-n1c(CS(=O)(=O)[C@@H](C)[C@H](O)c2ccc(C#N)c(C)n2)nnc1-c1ccc(C)o1. The van der Waals surface area contributed by atoms with Crippen LogP contribution in [0.3, 0.4) is 0 Å². The Balaban J connectivity index is 1.80. The van der Waals surface area contributed by atoms with E-state index in [1.54, 1.807) is 44.2 Å². The molecule has 0 saturated carbocycles. The van der Waals surface area contributed by atoms with Crippen molar-refractivity contribution >= 4 is 9.84 Å². The van der Waals surface area contributed by atoms with E-state index in [0.717, 1.165) is 0 Å². The third kappa shape index (κ3) is 4.98. The van der Waals surface area contributed by atoms with Gasteiger partial charge in [0, 0.05) is 0 Å². The summed E-state index contributed by atoms with van der Waals surface area (Å²) in [5, 5.41) is 27.2. The monoisotopic (exact) mass is 537 g/mol. The van der Waals surface area contributed by atoms with Crippen molar-refractivity contribution in [3.05, 3.63) is 71.0 Å². The Hall–Kier alpha value is -4.21. The topological polar surface area (TPSA) is 153 Å². The minimum absolute atomic E-state index is 0.0693. The maximum absolute atomic E-state index is 13.6. The first-order valence-corrected chi connectivity index (χ1v) is 13.3. The van der Waals surface area contributed by atoms with Gasteiger partial charge >= 0.3 is 0 Å². The summed E-state index contributed by atoms with van der Waals surface area (Å²) in [4.78, 5) is 4.23. The summed E-state index contributed by atoms with van der Waals surface area (Å²) in [6, 6.07) is 13.6. The number of rotatable bonds is 9. The Kier molecular flexibility index (Phi) is 7.52. The molecular weight excluding hydrogens is 510 g/mol. The van der Waals surface area contributed by atoms with Gasteiger partial charge < -0.3 is 19.0 Å². The molecule has 0 amide bonds. The van der Waals surface area contributed by atoms with Crippen molar-refractivity contribution in [1.82, 2.24) is 19.7 Å². The van der Waals surface area contributed by atoms with E-state index in [4.69, 9.17) is 19.2 Å². The zero-order valence-corrected chi connectivity index (χ0v) is 22.4. The molecule has 1 aromatic carbocycles. The van der Waals surface area contributed by atoms with Gasteiger partial charge in [0.1, 0.15) is 40.9 Å². The van der Waals surface area contributed by atoms with Crippen molar-refractivity contribution in [2.45, 2.75) is 37.9 Å². The molecule has 198 valence electrons. The van der Waals surface area contributed by atoms with Gasteiger partial charge in [0.05, 0.1) is 36.4 Å². The number of pyridine rings is 1. The molecule has 0 unspecified atom stereocenters.